The molecule has 0 fully saturated rings. The zero-order valence-corrected chi connectivity index (χ0v) is 6.99. The highest BCUT2D eigenvalue weighted by molar-refractivity contribution is 7.72. The van der Waals surface area contributed by atoms with E-state index in [0.717, 1.165) is 6.42 Å². The Morgan fingerprint density at radius 2 is 2.36 bits per heavy atom. The third kappa shape index (κ3) is 1.76. The SMILES string of the molecule is CCCn1nncc1[SH](=O)=O. The van der Waals surface area contributed by atoms with E-state index < -0.39 is 10.7 Å². The van der Waals surface area contributed by atoms with E-state index >= 15 is 0 Å². The minimum absolute atomic E-state index is 0.182. The standard InChI is InChI=1S/C5H9N3O2S/c1-2-3-8-5(11(9)10)4-6-7-8/h4,11H,2-3H2,1H3. The van der Waals surface area contributed by atoms with Crippen molar-refractivity contribution in [3.63, 3.8) is 0 Å². The fourth-order valence-corrected chi connectivity index (χ4v) is 1.24. The summed E-state index contributed by atoms with van der Waals surface area (Å²) in [5.74, 6) is 0. The number of rotatable bonds is 3. The molecule has 0 saturated heterocycles. The summed E-state index contributed by atoms with van der Waals surface area (Å²) >= 11 is 0. The van der Waals surface area contributed by atoms with Gasteiger partial charge in [0.25, 0.3) is 0 Å². The van der Waals surface area contributed by atoms with Crippen LogP contribution in [0, 0.1) is 0 Å². The first-order chi connectivity index (χ1) is 5.25. The van der Waals surface area contributed by atoms with Gasteiger partial charge in [-0.2, -0.15) is 0 Å². The number of aromatic nitrogens is 3. The van der Waals surface area contributed by atoms with Crippen LogP contribution in [0.4, 0.5) is 0 Å². The number of aryl methyl sites for hydroxylation is 1. The van der Waals surface area contributed by atoms with Gasteiger partial charge < -0.3 is 0 Å². The summed E-state index contributed by atoms with van der Waals surface area (Å²) in [6.07, 6.45) is 2.10. The van der Waals surface area contributed by atoms with Gasteiger partial charge in [-0.05, 0) is 6.42 Å². The van der Waals surface area contributed by atoms with Crippen LogP contribution in [0.15, 0.2) is 11.2 Å². The van der Waals surface area contributed by atoms with Crippen molar-refractivity contribution in [2.45, 2.75) is 24.9 Å². The van der Waals surface area contributed by atoms with Gasteiger partial charge in [0.05, 0.1) is 6.20 Å². The van der Waals surface area contributed by atoms with E-state index in [1.54, 1.807) is 0 Å². The number of hydrogen-bond acceptors (Lipinski definition) is 4. The highest BCUT2D eigenvalue weighted by atomic mass is 32.2. The Hall–Kier alpha value is -0.910. The molecule has 0 aliphatic rings. The molecular weight excluding hydrogens is 166 g/mol. The largest absolute Gasteiger partial charge is 0.234 e. The van der Waals surface area contributed by atoms with Gasteiger partial charge in [-0.25, -0.2) is 13.1 Å². The van der Waals surface area contributed by atoms with Gasteiger partial charge >= 0.3 is 0 Å². The van der Waals surface area contributed by atoms with Gasteiger partial charge in [0.2, 0.25) is 0 Å². The Balaban J connectivity index is 2.96. The average molecular weight is 175 g/mol. The molecule has 0 aliphatic carbocycles. The first-order valence-electron chi connectivity index (χ1n) is 3.28. The molecule has 0 unspecified atom stereocenters. The van der Waals surface area contributed by atoms with Crippen LogP contribution in [0.3, 0.4) is 0 Å². The van der Waals surface area contributed by atoms with Crippen molar-refractivity contribution in [3.05, 3.63) is 6.20 Å². The predicted molar refractivity (Wildman–Crippen MR) is 38.9 cm³/mol. The maximum atomic E-state index is 10.5. The highest BCUT2D eigenvalue weighted by Gasteiger charge is 2.03. The molecular formula is C5H9N3O2S. The molecule has 1 heterocycles. The lowest BCUT2D eigenvalue weighted by Gasteiger charge is -1.95. The lowest BCUT2D eigenvalue weighted by molar-refractivity contribution is 0.526. The third-order valence-corrected chi connectivity index (χ3v) is 1.94. The highest BCUT2D eigenvalue weighted by Crippen LogP contribution is 1.98. The molecule has 0 amide bonds. The molecule has 0 saturated carbocycles. The van der Waals surface area contributed by atoms with Crippen LogP contribution in [0.25, 0.3) is 0 Å². The fraction of sp³-hybridized carbons (Fsp3) is 0.600. The van der Waals surface area contributed by atoms with Crippen molar-refractivity contribution in [2.24, 2.45) is 0 Å². The molecule has 0 N–H and O–H groups in total. The van der Waals surface area contributed by atoms with E-state index in [0.29, 0.717) is 6.54 Å². The van der Waals surface area contributed by atoms with Crippen LogP contribution < -0.4 is 0 Å². The van der Waals surface area contributed by atoms with Gasteiger partial charge in [-0.1, -0.05) is 12.1 Å². The molecule has 11 heavy (non-hydrogen) atoms. The molecule has 5 nitrogen and oxygen atoms in total. The predicted octanol–water partition coefficient (Wildman–Crippen LogP) is -0.342. The summed E-state index contributed by atoms with van der Waals surface area (Å²) in [6.45, 7) is 2.54. The smallest absolute Gasteiger partial charge is 0.186 e. The topological polar surface area (TPSA) is 64.8 Å². The van der Waals surface area contributed by atoms with Crippen LogP contribution in [0.5, 0.6) is 0 Å². The van der Waals surface area contributed by atoms with Crippen LogP contribution in [0.2, 0.25) is 0 Å². The van der Waals surface area contributed by atoms with Crippen molar-refractivity contribution >= 4 is 10.7 Å². The zero-order chi connectivity index (χ0) is 8.27. The number of nitrogens with zero attached hydrogens (tertiary/aromatic N) is 3. The molecule has 1 rings (SSSR count). The Kier molecular flexibility index (Phi) is 2.58. The third-order valence-electron chi connectivity index (χ3n) is 1.22. The minimum atomic E-state index is -2.55. The van der Waals surface area contributed by atoms with Gasteiger partial charge in [-0.15, -0.1) is 5.10 Å². The lowest BCUT2D eigenvalue weighted by Crippen LogP contribution is -2.02. The molecule has 1 aromatic heterocycles. The lowest BCUT2D eigenvalue weighted by atomic mass is 10.5. The summed E-state index contributed by atoms with van der Waals surface area (Å²) in [7, 11) is -2.55. The molecule has 6 heteroatoms. The Morgan fingerprint density at radius 1 is 1.64 bits per heavy atom. The molecule has 0 spiro atoms. The minimum Gasteiger partial charge on any atom is -0.234 e. The molecule has 0 radical (unpaired) electrons. The van der Waals surface area contributed by atoms with Crippen LogP contribution in [0.1, 0.15) is 13.3 Å². The van der Waals surface area contributed by atoms with Crippen molar-refractivity contribution < 1.29 is 8.42 Å². The van der Waals surface area contributed by atoms with E-state index in [4.69, 9.17) is 0 Å². The Labute approximate surface area is 66.0 Å². The maximum absolute atomic E-state index is 10.5. The van der Waals surface area contributed by atoms with E-state index in [2.05, 4.69) is 10.3 Å². The van der Waals surface area contributed by atoms with Crippen molar-refractivity contribution in [1.29, 1.82) is 0 Å². The van der Waals surface area contributed by atoms with E-state index in [1.165, 1.54) is 10.9 Å². The molecule has 62 valence electrons. The van der Waals surface area contributed by atoms with Gasteiger partial charge in [0, 0.05) is 6.54 Å². The quantitative estimate of drug-likeness (QED) is 0.638. The summed E-state index contributed by atoms with van der Waals surface area (Å²) in [5, 5.41) is 7.28. The van der Waals surface area contributed by atoms with E-state index in [-0.39, 0.29) is 5.03 Å². The zero-order valence-electron chi connectivity index (χ0n) is 6.10. The van der Waals surface area contributed by atoms with E-state index in [1.807, 2.05) is 6.92 Å². The average Bonchev–Trinajstić information content (AvgIpc) is 2.36. The van der Waals surface area contributed by atoms with Crippen LogP contribution in [-0.2, 0) is 17.2 Å². The monoisotopic (exact) mass is 175 g/mol. The molecule has 1 aromatic rings. The van der Waals surface area contributed by atoms with Crippen LogP contribution in [-0.4, -0.2) is 23.4 Å². The molecule has 0 atom stereocenters. The number of thiol groups is 1. The van der Waals surface area contributed by atoms with Gasteiger partial charge in [-0.3, -0.25) is 0 Å². The summed E-state index contributed by atoms with van der Waals surface area (Å²) in [6, 6.07) is 0. The van der Waals surface area contributed by atoms with Gasteiger partial charge in [0.15, 0.2) is 15.7 Å². The first kappa shape index (κ1) is 8.19. The Bertz CT molecular complexity index is 296. The van der Waals surface area contributed by atoms with Crippen LogP contribution >= 0.6 is 0 Å². The molecule has 0 bridgehead atoms. The van der Waals surface area contributed by atoms with Crippen molar-refractivity contribution in [2.75, 3.05) is 0 Å². The summed E-state index contributed by atoms with van der Waals surface area (Å²) in [4.78, 5) is 0. The first-order valence-corrected chi connectivity index (χ1v) is 4.46. The molecule has 0 aliphatic heterocycles. The maximum Gasteiger partial charge on any atom is 0.186 e. The fourth-order valence-electron chi connectivity index (χ4n) is 0.765. The molecule has 0 aromatic carbocycles. The van der Waals surface area contributed by atoms with Gasteiger partial charge in [0.1, 0.15) is 0 Å². The summed E-state index contributed by atoms with van der Waals surface area (Å²) < 4.78 is 22.4. The van der Waals surface area contributed by atoms with E-state index in [9.17, 15) is 8.42 Å². The summed E-state index contributed by atoms with van der Waals surface area (Å²) in [5.41, 5.74) is 0. The second-order valence-corrected chi connectivity index (χ2v) is 3.04. The number of hydrogen-bond donors (Lipinski definition) is 1. The Morgan fingerprint density at radius 3 is 2.91 bits per heavy atom. The van der Waals surface area contributed by atoms with Crippen molar-refractivity contribution in [3.8, 4) is 0 Å². The second kappa shape index (κ2) is 3.47. The second-order valence-electron chi connectivity index (χ2n) is 2.07. The van der Waals surface area contributed by atoms with Crippen molar-refractivity contribution in [1.82, 2.24) is 15.0 Å². The normalized spacial score (nSPS) is 10.7.